The lowest BCUT2D eigenvalue weighted by Crippen LogP contribution is -2.50. The van der Waals surface area contributed by atoms with Crippen LogP contribution in [-0.2, 0) is 15.8 Å². The summed E-state index contributed by atoms with van der Waals surface area (Å²) in [6.07, 6.45) is 3.24. The lowest BCUT2D eigenvalue weighted by atomic mass is 10.0. The molecule has 0 bridgehead atoms. The Balaban J connectivity index is 1.78. The fraction of sp³-hybridized carbons (Fsp3) is 0.333. The molecule has 0 aliphatic rings. The Morgan fingerprint density at radius 2 is 1.87 bits per heavy atom. The van der Waals surface area contributed by atoms with Crippen molar-refractivity contribution in [1.82, 2.24) is 15.6 Å². The predicted molar refractivity (Wildman–Crippen MR) is 115 cm³/mol. The van der Waals surface area contributed by atoms with Crippen LogP contribution in [0.25, 0.3) is 10.9 Å². The number of H-pyrrole nitrogens is 1. The number of rotatable bonds is 9. The number of nitrogens with one attached hydrogen (secondary N) is 3. The third-order valence-corrected chi connectivity index (χ3v) is 6.00. The van der Waals surface area contributed by atoms with Crippen LogP contribution in [-0.4, -0.2) is 38.4 Å². The maximum absolute atomic E-state index is 12.9. The molecule has 2 heterocycles. The van der Waals surface area contributed by atoms with Crippen LogP contribution in [0.15, 0.2) is 53.3 Å². The number of amides is 2. The number of fused-ring (bicyclic) bond motifs is 1. The summed E-state index contributed by atoms with van der Waals surface area (Å²) in [4.78, 5) is 48.1. The van der Waals surface area contributed by atoms with Crippen molar-refractivity contribution in [2.75, 3.05) is 0 Å². The van der Waals surface area contributed by atoms with Gasteiger partial charge in [-0.1, -0.05) is 32.0 Å². The van der Waals surface area contributed by atoms with E-state index < -0.39 is 31.2 Å². The smallest absolute Gasteiger partial charge is 0.347 e. The molecule has 1 aromatic carbocycles. The maximum Gasteiger partial charge on any atom is 0.347 e. The van der Waals surface area contributed by atoms with Crippen LogP contribution >= 0.6 is 7.60 Å². The second-order valence-electron chi connectivity index (χ2n) is 7.81. The highest BCUT2D eigenvalue weighted by Crippen LogP contribution is 2.42. The Bertz CT molecular complexity index is 1090. The summed E-state index contributed by atoms with van der Waals surface area (Å²) in [7, 11) is -4.68. The van der Waals surface area contributed by atoms with E-state index in [1.54, 1.807) is 12.3 Å². The highest BCUT2D eigenvalue weighted by atomic mass is 31.2. The largest absolute Gasteiger partial charge is 0.459 e. The van der Waals surface area contributed by atoms with E-state index in [0.29, 0.717) is 12.0 Å². The number of hydrogen-bond acceptors (Lipinski definition) is 4. The van der Waals surface area contributed by atoms with Crippen LogP contribution in [0.1, 0.15) is 36.4 Å². The van der Waals surface area contributed by atoms with Gasteiger partial charge in [0, 0.05) is 23.5 Å². The molecule has 2 amide bonds. The summed E-state index contributed by atoms with van der Waals surface area (Å²) >= 11 is 0. The Hall–Kier alpha value is -2.87. The molecule has 5 N–H and O–H groups in total. The van der Waals surface area contributed by atoms with Gasteiger partial charge in [-0.2, -0.15) is 0 Å². The number of aromatic amines is 1. The molecule has 0 spiro atoms. The zero-order chi connectivity index (χ0) is 22.6. The van der Waals surface area contributed by atoms with E-state index in [9.17, 15) is 23.9 Å². The van der Waals surface area contributed by atoms with Crippen LogP contribution in [0.3, 0.4) is 0 Å². The highest BCUT2D eigenvalue weighted by molar-refractivity contribution is 7.52. The molecule has 0 aliphatic heterocycles. The number of para-hydroxylation sites is 1. The molecule has 166 valence electrons. The van der Waals surface area contributed by atoms with E-state index in [2.05, 4.69) is 15.6 Å². The summed E-state index contributed by atoms with van der Waals surface area (Å²) in [6, 6.07) is 9.41. The molecule has 0 saturated carbocycles. The molecule has 3 aromatic rings. The lowest BCUT2D eigenvalue weighted by Gasteiger charge is -2.24. The van der Waals surface area contributed by atoms with Crippen molar-refractivity contribution in [2.24, 2.45) is 5.92 Å². The van der Waals surface area contributed by atoms with Crippen molar-refractivity contribution < 1.29 is 28.4 Å². The zero-order valence-corrected chi connectivity index (χ0v) is 18.1. The van der Waals surface area contributed by atoms with Gasteiger partial charge in [0.1, 0.15) is 11.8 Å². The molecule has 0 aliphatic carbocycles. The topological polar surface area (TPSA) is 145 Å². The molecule has 9 nitrogen and oxygen atoms in total. The van der Waals surface area contributed by atoms with E-state index in [1.807, 2.05) is 38.1 Å². The molecule has 0 saturated heterocycles. The van der Waals surface area contributed by atoms with Gasteiger partial charge in [0.2, 0.25) is 5.91 Å². The Morgan fingerprint density at radius 3 is 2.52 bits per heavy atom. The summed E-state index contributed by atoms with van der Waals surface area (Å²) in [5, 5.41) is 5.87. The van der Waals surface area contributed by atoms with Crippen molar-refractivity contribution in [3.63, 3.8) is 0 Å². The molecule has 10 heteroatoms. The Labute approximate surface area is 179 Å². The Morgan fingerprint density at radius 1 is 1.13 bits per heavy atom. The van der Waals surface area contributed by atoms with Gasteiger partial charge in [0.15, 0.2) is 5.76 Å². The number of carbonyl (C=O) groups is 2. The monoisotopic (exact) mass is 447 g/mol. The van der Waals surface area contributed by atoms with Crippen LogP contribution < -0.4 is 10.6 Å². The van der Waals surface area contributed by atoms with Gasteiger partial charge < -0.3 is 29.8 Å². The molecule has 3 rings (SSSR count). The van der Waals surface area contributed by atoms with Gasteiger partial charge in [-0.05, 0) is 36.1 Å². The second kappa shape index (κ2) is 9.51. The SMILES string of the molecule is CC(C)CC(NC(=O)c1ccco1)C(=O)NC(Cc1c[nH]c2ccccc12)P(=O)(O)O. The summed E-state index contributed by atoms with van der Waals surface area (Å²) in [6.45, 7) is 3.76. The number of benzene rings is 1. The van der Waals surface area contributed by atoms with Crippen molar-refractivity contribution >= 4 is 30.3 Å². The minimum atomic E-state index is -4.68. The van der Waals surface area contributed by atoms with Crippen molar-refractivity contribution in [3.05, 3.63) is 60.2 Å². The molecule has 0 fully saturated rings. The summed E-state index contributed by atoms with van der Waals surface area (Å²) in [5.41, 5.74) is 1.50. The fourth-order valence-electron chi connectivity index (χ4n) is 3.37. The number of aromatic nitrogens is 1. The average Bonchev–Trinajstić information content (AvgIpc) is 3.36. The quantitative estimate of drug-likeness (QED) is 0.319. The van der Waals surface area contributed by atoms with E-state index in [4.69, 9.17) is 4.42 Å². The maximum atomic E-state index is 12.9. The van der Waals surface area contributed by atoms with E-state index in [-0.39, 0.29) is 18.1 Å². The third kappa shape index (κ3) is 5.85. The minimum Gasteiger partial charge on any atom is -0.459 e. The number of hydrogen-bond donors (Lipinski definition) is 5. The van der Waals surface area contributed by atoms with Crippen LogP contribution in [0.4, 0.5) is 0 Å². The van der Waals surface area contributed by atoms with Crippen molar-refractivity contribution in [3.8, 4) is 0 Å². The lowest BCUT2D eigenvalue weighted by molar-refractivity contribution is -0.123. The molecule has 2 unspecified atom stereocenters. The van der Waals surface area contributed by atoms with E-state index >= 15 is 0 Å². The normalized spacial score (nSPS) is 13.8. The zero-order valence-electron chi connectivity index (χ0n) is 17.2. The van der Waals surface area contributed by atoms with Crippen molar-refractivity contribution in [1.29, 1.82) is 0 Å². The summed E-state index contributed by atoms with van der Waals surface area (Å²) in [5.74, 6) is -2.58. The number of carbonyl (C=O) groups excluding carboxylic acids is 2. The van der Waals surface area contributed by atoms with Gasteiger partial charge in [-0.3, -0.25) is 14.2 Å². The molecule has 31 heavy (non-hydrogen) atoms. The van der Waals surface area contributed by atoms with Gasteiger partial charge in [-0.25, -0.2) is 0 Å². The highest BCUT2D eigenvalue weighted by Gasteiger charge is 2.34. The van der Waals surface area contributed by atoms with E-state index in [1.165, 1.54) is 12.3 Å². The standard InChI is InChI=1S/C21H26N3O6P/c1-13(2)10-17(23-21(26)18-8-5-9-30-18)20(25)24-19(31(27,28)29)11-14-12-22-16-7-4-3-6-15(14)16/h3-9,12-13,17,19,22H,10-11H2,1-2H3,(H,23,26)(H,24,25)(H2,27,28,29). The van der Waals surface area contributed by atoms with Crippen LogP contribution in [0.2, 0.25) is 0 Å². The first-order chi connectivity index (χ1) is 14.6. The number of furan rings is 1. The van der Waals surface area contributed by atoms with Gasteiger partial charge >= 0.3 is 7.60 Å². The summed E-state index contributed by atoms with van der Waals surface area (Å²) < 4.78 is 17.2. The molecular weight excluding hydrogens is 421 g/mol. The fourth-order valence-corrected chi connectivity index (χ4v) is 4.10. The van der Waals surface area contributed by atoms with Gasteiger partial charge in [0.05, 0.1) is 6.26 Å². The van der Waals surface area contributed by atoms with E-state index in [0.717, 1.165) is 10.9 Å². The Kier molecular flexibility index (Phi) is 7.00. The van der Waals surface area contributed by atoms with Crippen molar-refractivity contribution in [2.45, 2.75) is 38.5 Å². The first-order valence-corrected chi connectivity index (χ1v) is 11.6. The van der Waals surface area contributed by atoms with Gasteiger partial charge in [0.25, 0.3) is 5.91 Å². The first kappa shape index (κ1) is 22.8. The molecular formula is C21H26N3O6P. The molecule has 2 atom stereocenters. The second-order valence-corrected chi connectivity index (χ2v) is 9.61. The first-order valence-electron chi connectivity index (χ1n) is 9.90. The van der Waals surface area contributed by atoms with Crippen LogP contribution in [0.5, 0.6) is 0 Å². The average molecular weight is 447 g/mol. The predicted octanol–water partition coefficient (Wildman–Crippen LogP) is 2.77. The third-order valence-electron chi connectivity index (χ3n) is 4.88. The van der Waals surface area contributed by atoms with Gasteiger partial charge in [-0.15, -0.1) is 0 Å². The molecule has 0 radical (unpaired) electrons. The molecule has 2 aromatic heterocycles. The van der Waals surface area contributed by atoms with Crippen LogP contribution in [0, 0.1) is 5.92 Å². The minimum absolute atomic E-state index is 0.0480.